The maximum absolute atomic E-state index is 12.7. The van der Waals surface area contributed by atoms with Gasteiger partial charge in [-0.3, -0.25) is 9.59 Å². The van der Waals surface area contributed by atoms with E-state index >= 15 is 0 Å². The van der Waals surface area contributed by atoms with Crippen LogP contribution in [-0.2, 0) is 9.59 Å². The Morgan fingerprint density at radius 2 is 1.76 bits per heavy atom. The molecule has 3 aromatic rings. The van der Waals surface area contributed by atoms with E-state index in [-0.39, 0.29) is 18.1 Å². The molecule has 8 nitrogen and oxygen atoms in total. The van der Waals surface area contributed by atoms with Crippen LogP contribution < -0.4 is 24.8 Å². The van der Waals surface area contributed by atoms with Gasteiger partial charge in [0.05, 0.1) is 17.3 Å². The number of anilines is 2. The van der Waals surface area contributed by atoms with E-state index in [1.807, 2.05) is 45.0 Å². The number of aryl methyl sites for hydroxylation is 2. The summed E-state index contributed by atoms with van der Waals surface area (Å²) in [4.78, 5) is 25.2. The van der Waals surface area contributed by atoms with Gasteiger partial charge in [-0.1, -0.05) is 17.7 Å². The molecule has 0 bridgehead atoms. The molecule has 0 unspecified atom stereocenters. The summed E-state index contributed by atoms with van der Waals surface area (Å²) < 4.78 is 17.3. The van der Waals surface area contributed by atoms with Crippen LogP contribution in [0.1, 0.15) is 23.6 Å². The summed E-state index contributed by atoms with van der Waals surface area (Å²) in [5.74, 6) is 0.587. The number of hydrogen-bond donors (Lipinski definition) is 2. The van der Waals surface area contributed by atoms with Gasteiger partial charge in [0.25, 0.3) is 11.8 Å². The molecule has 3 rings (SSSR count). The summed E-state index contributed by atoms with van der Waals surface area (Å²) >= 11 is 2.06. The molecule has 9 heteroatoms. The standard InChI is InChI=1S/C29H28IN3O5/c1-5-37-23-9-7-22(8-10-23)32-29(35)21(16-31)13-20-14-24(30)28(26(15-20)36-4)38-17-27(34)33-25-11-6-18(2)12-19(25)3/h6-15H,5,17H2,1-4H3,(H,32,35)(H,33,34)/b21-13+. The summed E-state index contributed by atoms with van der Waals surface area (Å²) in [6.45, 7) is 6.12. The molecule has 2 amide bonds. The van der Waals surface area contributed by atoms with Crippen LogP contribution in [0.25, 0.3) is 6.08 Å². The molecular formula is C29H28IN3O5. The van der Waals surface area contributed by atoms with Crippen molar-refractivity contribution in [3.05, 3.63) is 80.4 Å². The fourth-order valence-electron chi connectivity index (χ4n) is 3.56. The van der Waals surface area contributed by atoms with Crippen LogP contribution in [0.15, 0.2) is 60.2 Å². The van der Waals surface area contributed by atoms with Crippen molar-refractivity contribution in [3.8, 4) is 23.3 Å². The average Bonchev–Trinajstić information content (AvgIpc) is 2.89. The Hall–Kier alpha value is -4.04. The molecule has 0 saturated heterocycles. The molecule has 0 radical (unpaired) electrons. The molecule has 0 aliphatic rings. The third-order valence-corrected chi connectivity index (χ3v) is 6.16. The molecule has 0 spiro atoms. The number of nitrogens with zero attached hydrogens (tertiary/aromatic N) is 1. The first kappa shape index (κ1) is 28.5. The van der Waals surface area contributed by atoms with Crippen LogP contribution >= 0.6 is 22.6 Å². The number of hydrogen-bond acceptors (Lipinski definition) is 6. The van der Waals surface area contributed by atoms with Gasteiger partial charge in [-0.05, 0) is 103 Å². The zero-order chi connectivity index (χ0) is 27.7. The van der Waals surface area contributed by atoms with Gasteiger partial charge in [0, 0.05) is 11.4 Å². The monoisotopic (exact) mass is 625 g/mol. The van der Waals surface area contributed by atoms with Crippen LogP contribution in [0.2, 0.25) is 0 Å². The molecule has 38 heavy (non-hydrogen) atoms. The summed E-state index contributed by atoms with van der Waals surface area (Å²) in [7, 11) is 1.48. The number of carbonyl (C=O) groups is 2. The first-order valence-electron chi connectivity index (χ1n) is 11.8. The van der Waals surface area contributed by atoms with Crippen LogP contribution in [0.4, 0.5) is 11.4 Å². The summed E-state index contributed by atoms with van der Waals surface area (Å²) in [6, 6.07) is 18.0. The van der Waals surface area contributed by atoms with Gasteiger partial charge in [0.1, 0.15) is 17.4 Å². The summed E-state index contributed by atoms with van der Waals surface area (Å²) in [5, 5.41) is 15.2. The van der Waals surface area contributed by atoms with Crippen molar-refractivity contribution in [2.75, 3.05) is 31.0 Å². The minimum Gasteiger partial charge on any atom is -0.494 e. The van der Waals surface area contributed by atoms with Crippen molar-refractivity contribution in [1.82, 2.24) is 0 Å². The Morgan fingerprint density at radius 1 is 1.03 bits per heavy atom. The highest BCUT2D eigenvalue weighted by Crippen LogP contribution is 2.35. The molecular weight excluding hydrogens is 597 g/mol. The molecule has 0 heterocycles. The minimum absolute atomic E-state index is 0.0850. The zero-order valence-corrected chi connectivity index (χ0v) is 23.7. The first-order chi connectivity index (χ1) is 18.2. The molecule has 0 fully saturated rings. The van der Waals surface area contributed by atoms with E-state index in [2.05, 4.69) is 33.2 Å². The third kappa shape index (κ3) is 7.73. The molecule has 0 aliphatic carbocycles. The van der Waals surface area contributed by atoms with Crippen molar-refractivity contribution in [2.45, 2.75) is 20.8 Å². The van der Waals surface area contributed by atoms with E-state index in [4.69, 9.17) is 14.2 Å². The minimum atomic E-state index is -0.547. The Bertz CT molecular complexity index is 1390. The lowest BCUT2D eigenvalue weighted by Crippen LogP contribution is -2.21. The molecule has 3 aromatic carbocycles. The van der Waals surface area contributed by atoms with Crippen LogP contribution in [0, 0.1) is 28.7 Å². The highest BCUT2D eigenvalue weighted by atomic mass is 127. The first-order valence-corrected chi connectivity index (χ1v) is 12.8. The number of nitrogens with one attached hydrogen (secondary N) is 2. The van der Waals surface area contributed by atoms with E-state index in [0.717, 1.165) is 16.8 Å². The van der Waals surface area contributed by atoms with Crippen molar-refractivity contribution in [3.63, 3.8) is 0 Å². The van der Waals surface area contributed by atoms with Gasteiger partial charge in [-0.15, -0.1) is 0 Å². The Kier molecular flexibility index (Phi) is 10.1. The van der Waals surface area contributed by atoms with E-state index in [0.29, 0.717) is 38.7 Å². The highest BCUT2D eigenvalue weighted by molar-refractivity contribution is 14.1. The number of carbonyl (C=O) groups excluding carboxylic acids is 2. The quantitative estimate of drug-likeness (QED) is 0.166. The van der Waals surface area contributed by atoms with Gasteiger partial charge in [0.2, 0.25) is 0 Å². The van der Waals surface area contributed by atoms with Gasteiger partial charge >= 0.3 is 0 Å². The predicted octanol–water partition coefficient (Wildman–Crippen LogP) is 5.88. The maximum atomic E-state index is 12.7. The summed E-state index contributed by atoms with van der Waals surface area (Å²) in [5.41, 5.74) is 3.81. The van der Waals surface area contributed by atoms with Crippen molar-refractivity contribution >= 4 is 51.9 Å². The third-order valence-electron chi connectivity index (χ3n) is 5.35. The van der Waals surface area contributed by atoms with Gasteiger partial charge < -0.3 is 24.8 Å². The second-order valence-corrected chi connectivity index (χ2v) is 9.43. The smallest absolute Gasteiger partial charge is 0.266 e. The number of halogens is 1. The van der Waals surface area contributed by atoms with Crippen molar-refractivity contribution < 1.29 is 23.8 Å². The number of methoxy groups -OCH3 is 1. The van der Waals surface area contributed by atoms with Crippen LogP contribution in [0.3, 0.4) is 0 Å². The second kappa shape index (κ2) is 13.5. The topological polar surface area (TPSA) is 110 Å². The van der Waals surface area contributed by atoms with E-state index in [9.17, 15) is 14.9 Å². The summed E-state index contributed by atoms with van der Waals surface area (Å²) in [6.07, 6.45) is 1.46. The number of amides is 2. The Morgan fingerprint density at radius 3 is 2.39 bits per heavy atom. The van der Waals surface area contributed by atoms with Gasteiger partial charge in [0.15, 0.2) is 18.1 Å². The fraction of sp³-hybridized carbons (Fsp3) is 0.207. The second-order valence-electron chi connectivity index (χ2n) is 8.27. The maximum Gasteiger partial charge on any atom is 0.266 e. The predicted molar refractivity (Wildman–Crippen MR) is 156 cm³/mol. The normalized spacial score (nSPS) is 10.8. The molecule has 196 valence electrons. The van der Waals surface area contributed by atoms with Gasteiger partial charge in [-0.2, -0.15) is 5.26 Å². The molecule has 0 aromatic heterocycles. The number of rotatable bonds is 10. The van der Waals surface area contributed by atoms with Crippen LogP contribution in [0.5, 0.6) is 17.2 Å². The Balaban J connectivity index is 1.71. The molecule has 0 saturated carbocycles. The lowest BCUT2D eigenvalue weighted by Gasteiger charge is -2.14. The average molecular weight is 625 g/mol. The Labute approximate surface area is 235 Å². The number of benzene rings is 3. The fourth-order valence-corrected chi connectivity index (χ4v) is 4.34. The van der Waals surface area contributed by atoms with Crippen molar-refractivity contribution in [1.29, 1.82) is 5.26 Å². The van der Waals surface area contributed by atoms with Crippen LogP contribution in [-0.4, -0.2) is 32.1 Å². The molecule has 0 aliphatic heterocycles. The van der Waals surface area contributed by atoms with E-state index in [1.165, 1.54) is 13.2 Å². The highest BCUT2D eigenvalue weighted by Gasteiger charge is 2.16. The lowest BCUT2D eigenvalue weighted by molar-refractivity contribution is -0.118. The van der Waals surface area contributed by atoms with E-state index < -0.39 is 5.91 Å². The number of ether oxygens (including phenoxy) is 3. The van der Waals surface area contributed by atoms with E-state index in [1.54, 1.807) is 36.4 Å². The van der Waals surface area contributed by atoms with Gasteiger partial charge in [-0.25, -0.2) is 0 Å². The SMILES string of the molecule is CCOc1ccc(NC(=O)/C(C#N)=C/c2cc(I)c(OCC(=O)Nc3ccc(C)cc3C)c(OC)c2)cc1. The largest absolute Gasteiger partial charge is 0.494 e. The molecule has 0 atom stereocenters. The zero-order valence-electron chi connectivity index (χ0n) is 21.6. The van der Waals surface area contributed by atoms with Crippen molar-refractivity contribution in [2.24, 2.45) is 0 Å². The molecule has 2 N–H and O–H groups in total. The lowest BCUT2D eigenvalue weighted by atomic mass is 10.1. The number of nitriles is 1.